The Hall–Kier alpha value is -0.640. The summed E-state index contributed by atoms with van der Waals surface area (Å²) in [5.41, 5.74) is 0. The molecule has 0 amide bonds. The van der Waals surface area contributed by atoms with Gasteiger partial charge in [-0.3, -0.25) is 0 Å². The van der Waals surface area contributed by atoms with E-state index in [1.807, 2.05) is 0 Å². The topological polar surface area (TPSA) is 269 Å². The van der Waals surface area contributed by atoms with Crippen LogP contribution in [-0.2, 0) is 23.7 Å². The molecule has 3 saturated heterocycles. The van der Waals surface area contributed by atoms with E-state index in [-0.39, 0.29) is 0 Å². The molecule has 3 heterocycles. The van der Waals surface area contributed by atoms with Gasteiger partial charge in [-0.25, -0.2) is 0 Å². The number of hydrogen-bond acceptors (Lipinski definition) is 16. The maximum absolute atomic E-state index is 10.4. The SMILES string of the molecule is OC[C@H]1O[C@H](OC[C@H]2OC(O)[C@@H](O)[C@@H](O)[C@@H]2O[C@@H]2O[C@H](CO)[C@@H](O)[C@H](O)[C@H]2O)[C@H](O)[C@@H](O)[C@H]1O. The summed E-state index contributed by atoms with van der Waals surface area (Å²) in [6, 6.07) is 0. The van der Waals surface area contributed by atoms with Gasteiger partial charge < -0.3 is 79.9 Å². The van der Waals surface area contributed by atoms with Crippen molar-refractivity contribution in [3.05, 3.63) is 0 Å². The average Bonchev–Trinajstić information content (AvgIpc) is 2.82. The summed E-state index contributed by atoms with van der Waals surface area (Å²) in [6.07, 6.45) is -25.0. The van der Waals surface area contributed by atoms with E-state index in [9.17, 15) is 56.2 Å². The van der Waals surface area contributed by atoms with Crippen LogP contribution in [-0.4, -0.2) is 168 Å². The fraction of sp³-hybridized carbons (Fsp3) is 1.00. The first-order valence-electron chi connectivity index (χ1n) is 10.6. The maximum Gasteiger partial charge on any atom is 0.187 e. The van der Waals surface area contributed by atoms with Crippen LogP contribution in [0, 0.1) is 0 Å². The van der Waals surface area contributed by atoms with E-state index in [0.29, 0.717) is 0 Å². The van der Waals surface area contributed by atoms with Crippen molar-refractivity contribution in [3.8, 4) is 0 Å². The van der Waals surface area contributed by atoms with E-state index in [4.69, 9.17) is 23.7 Å². The van der Waals surface area contributed by atoms with E-state index in [0.717, 1.165) is 0 Å². The quantitative estimate of drug-likeness (QED) is 0.154. The minimum atomic E-state index is -1.91. The summed E-state index contributed by atoms with van der Waals surface area (Å²) < 4.78 is 26.4. The van der Waals surface area contributed by atoms with Crippen LogP contribution in [0.4, 0.5) is 0 Å². The van der Waals surface area contributed by atoms with Gasteiger partial charge in [0.1, 0.15) is 73.2 Å². The highest BCUT2D eigenvalue weighted by Crippen LogP contribution is 2.30. The molecular weight excluding hydrogens is 472 g/mol. The Morgan fingerprint density at radius 3 is 1.53 bits per heavy atom. The van der Waals surface area contributed by atoms with E-state index in [1.54, 1.807) is 0 Å². The lowest BCUT2D eigenvalue weighted by Gasteiger charge is -2.46. The normalized spacial score (nSPS) is 52.5. The average molecular weight is 504 g/mol. The predicted octanol–water partition coefficient (Wildman–Crippen LogP) is -7.57. The van der Waals surface area contributed by atoms with Gasteiger partial charge in [0.15, 0.2) is 18.9 Å². The third kappa shape index (κ3) is 5.52. The summed E-state index contributed by atoms with van der Waals surface area (Å²) in [6.45, 7) is -2.08. The van der Waals surface area contributed by atoms with Gasteiger partial charge in [-0.2, -0.15) is 0 Å². The second-order valence-electron chi connectivity index (χ2n) is 8.37. The molecule has 0 saturated carbocycles. The van der Waals surface area contributed by atoms with Crippen molar-refractivity contribution < 1.29 is 79.9 Å². The largest absolute Gasteiger partial charge is 0.394 e. The smallest absolute Gasteiger partial charge is 0.187 e. The number of aliphatic hydroxyl groups is 11. The predicted molar refractivity (Wildman–Crippen MR) is 101 cm³/mol. The Labute approximate surface area is 192 Å². The molecule has 3 rings (SSSR count). The van der Waals surface area contributed by atoms with E-state index < -0.39 is 112 Å². The molecule has 0 aromatic rings. The van der Waals surface area contributed by atoms with Crippen LogP contribution in [0.5, 0.6) is 0 Å². The molecule has 0 spiro atoms. The third-order valence-corrected chi connectivity index (χ3v) is 6.07. The van der Waals surface area contributed by atoms with E-state index in [2.05, 4.69) is 0 Å². The molecule has 34 heavy (non-hydrogen) atoms. The number of aliphatic hydroxyl groups excluding tert-OH is 11. The lowest BCUT2D eigenvalue weighted by atomic mass is 9.97. The minimum Gasteiger partial charge on any atom is -0.394 e. The Balaban J connectivity index is 1.72. The lowest BCUT2D eigenvalue weighted by molar-refractivity contribution is -0.363. The molecule has 15 atom stereocenters. The Bertz CT molecular complexity index is 637. The second-order valence-corrected chi connectivity index (χ2v) is 8.37. The molecular formula is C18H32O16. The van der Waals surface area contributed by atoms with Crippen LogP contribution in [0.25, 0.3) is 0 Å². The van der Waals surface area contributed by atoms with Crippen molar-refractivity contribution in [1.29, 1.82) is 0 Å². The lowest BCUT2D eigenvalue weighted by Crippen LogP contribution is -2.65. The highest BCUT2D eigenvalue weighted by atomic mass is 16.7. The van der Waals surface area contributed by atoms with Gasteiger partial charge in [0, 0.05) is 0 Å². The van der Waals surface area contributed by atoms with Crippen LogP contribution < -0.4 is 0 Å². The van der Waals surface area contributed by atoms with E-state index in [1.165, 1.54) is 0 Å². The molecule has 0 aliphatic carbocycles. The Kier molecular flexibility index (Phi) is 9.54. The highest BCUT2D eigenvalue weighted by molar-refractivity contribution is 4.94. The monoisotopic (exact) mass is 504 g/mol. The maximum atomic E-state index is 10.4. The molecule has 0 radical (unpaired) electrons. The summed E-state index contributed by atoms with van der Waals surface area (Å²) in [5.74, 6) is 0. The summed E-state index contributed by atoms with van der Waals surface area (Å²) in [4.78, 5) is 0. The summed E-state index contributed by atoms with van der Waals surface area (Å²) in [7, 11) is 0. The van der Waals surface area contributed by atoms with Crippen molar-refractivity contribution >= 4 is 0 Å². The standard InChI is InChI=1S/C18H32O16/c19-1-4-7(21)9(23)13(27)17(32-4)30-3-6-15(11(25)12(26)16(29)31-6)34-18-14(28)10(24)8(22)5(2-20)33-18/h4-29H,1-3H2/t4-,5-,6-,7+,8-,9+,10+,11-,12+,13-,14-,15-,16?,17+,18+/m1/s1. The van der Waals surface area contributed by atoms with Crippen molar-refractivity contribution in [2.45, 2.75) is 92.1 Å². The van der Waals surface area contributed by atoms with Crippen molar-refractivity contribution in [3.63, 3.8) is 0 Å². The number of ether oxygens (including phenoxy) is 5. The fourth-order valence-corrected chi connectivity index (χ4v) is 3.95. The van der Waals surface area contributed by atoms with Crippen LogP contribution >= 0.6 is 0 Å². The molecule has 16 nitrogen and oxygen atoms in total. The molecule has 0 aromatic heterocycles. The van der Waals surface area contributed by atoms with Crippen LogP contribution in [0.2, 0.25) is 0 Å². The fourth-order valence-electron chi connectivity index (χ4n) is 3.95. The molecule has 0 aromatic carbocycles. The van der Waals surface area contributed by atoms with Crippen molar-refractivity contribution in [2.24, 2.45) is 0 Å². The summed E-state index contributed by atoms with van der Waals surface area (Å²) in [5, 5.41) is 109. The highest BCUT2D eigenvalue weighted by Gasteiger charge is 2.51. The molecule has 3 aliphatic rings. The molecule has 16 heteroatoms. The zero-order chi connectivity index (χ0) is 25.3. The Morgan fingerprint density at radius 2 is 1.00 bits per heavy atom. The zero-order valence-electron chi connectivity index (χ0n) is 17.7. The third-order valence-electron chi connectivity index (χ3n) is 6.07. The van der Waals surface area contributed by atoms with Crippen molar-refractivity contribution in [1.82, 2.24) is 0 Å². The second kappa shape index (κ2) is 11.6. The first kappa shape index (κ1) is 27.9. The van der Waals surface area contributed by atoms with Crippen LogP contribution in [0.3, 0.4) is 0 Å². The zero-order valence-corrected chi connectivity index (χ0v) is 17.7. The minimum absolute atomic E-state index is 0.619. The van der Waals surface area contributed by atoms with Crippen LogP contribution in [0.1, 0.15) is 0 Å². The first-order valence-corrected chi connectivity index (χ1v) is 10.6. The molecule has 1 unspecified atom stereocenters. The first-order chi connectivity index (χ1) is 16.0. The molecule has 11 N–H and O–H groups in total. The van der Waals surface area contributed by atoms with Gasteiger partial charge in [-0.05, 0) is 0 Å². The summed E-state index contributed by atoms with van der Waals surface area (Å²) >= 11 is 0. The number of rotatable bonds is 7. The molecule has 200 valence electrons. The van der Waals surface area contributed by atoms with Crippen molar-refractivity contribution in [2.75, 3.05) is 19.8 Å². The molecule has 3 fully saturated rings. The van der Waals surface area contributed by atoms with Gasteiger partial charge in [0.2, 0.25) is 0 Å². The van der Waals surface area contributed by atoms with Gasteiger partial charge in [-0.1, -0.05) is 0 Å². The van der Waals surface area contributed by atoms with Crippen LogP contribution in [0.15, 0.2) is 0 Å². The Morgan fingerprint density at radius 1 is 0.500 bits per heavy atom. The van der Waals surface area contributed by atoms with Gasteiger partial charge in [0.05, 0.1) is 19.8 Å². The molecule has 0 bridgehead atoms. The van der Waals surface area contributed by atoms with Gasteiger partial charge >= 0.3 is 0 Å². The van der Waals surface area contributed by atoms with Gasteiger partial charge in [-0.15, -0.1) is 0 Å². The number of hydrogen-bond donors (Lipinski definition) is 11. The van der Waals surface area contributed by atoms with Gasteiger partial charge in [0.25, 0.3) is 0 Å². The van der Waals surface area contributed by atoms with E-state index >= 15 is 0 Å². The molecule has 3 aliphatic heterocycles.